The molecule has 4 aromatic carbocycles. The largest absolute Gasteiger partial charge is 0.489 e. The number of esters is 1. The van der Waals surface area contributed by atoms with Crippen molar-refractivity contribution in [2.75, 3.05) is 19.7 Å². The van der Waals surface area contributed by atoms with Gasteiger partial charge in [0.05, 0.1) is 12.2 Å². The van der Waals surface area contributed by atoms with Gasteiger partial charge in [-0.2, -0.15) is 0 Å². The summed E-state index contributed by atoms with van der Waals surface area (Å²) in [6.07, 6.45) is 2.01. The first-order valence-electron chi connectivity index (χ1n) is 14.1. The molecule has 1 aliphatic rings. The number of carboxylic acid groups (broad SMARTS) is 1. The molecule has 4 aromatic rings. The minimum absolute atomic E-state index is 0.216. The van der Waals surface area contributed by atoms with Crippen molar-refractivity contribution in [1.29, 1.82) is 0 Å². The van der Waals surface area contributed by atoms with Crippen LogP contribution in [0.25, 0.3) is 0 Å². The zero-order valence-corrected chi connectivity index (χ0v) is 23.0. The van der Waals surface area contributed by atoms with Crippen molar-refractivity contribution in [3.8, 4) is 5.75 Å². The second kappa shape index (κ2) is 13.8. The van der Waals surface area contributed by atoms with Crippen LogP contribution in [0, 0.1) is 5.92 Å². The monoisotopic (exact) mass is 549 g/mol. The lowest BCUT2D eigenvalue weighted by Gasteiger charge is -2.32. The number of carboxylic acids is 1. The Labute approximate surface area is 241 Å². The first kappa shape index (κ1) is 28.1. The molecule has 1 fully saturated rings. The van der Waals surface area contributed by atoms with E-state index in [4.69, 9.17) is 9.47 Å². The molecule has 1 saturated heterocycles. The van der Waals surface area contributed by atoms with Crippen LogP contribution in [0.3, 0.4) is 0 Å². The molecule has 1 heterocycles. The molecule has 1 aliphatic heterocycles. The van der Waals surface area contributed by atoms with Gasteiger partial charge < -0.3 is 14.6 Å². The van der Waals surface area contributed by atoms with E-state index in [0.29, 0.717) is 18.3 Å². The SMILES string of the molecule is O=C(O)c1cccc(COc2cccc(C(C(=O)OCC3CCN(Cc4ccccc4)CC3)c3ccccc3)c2)c1. The number of benzene rings is 4. The summed E-state index contributed by atoms with van der Waals surface area (Å²) in [7, 11) is 0. The zero-order valence-electron chi connectivity index (χ0n) is 23.0. The van der Waals surface area contributed by atoms with E-state index in [-0.39, 0.29) is 18.1 Å². The third-order valence-electron chi connectivity index (χ3n) is 7.56. The standard InChI is InChI=1S/C35H35NO5/c37-34(38)31-15-7-11-28(21-31)25-40-32-16-8-14-30(22-32)33(29-12-5-2-6-13-29)35(39)41-24-27-17-19-36(20-18-27)23-26-9-3-1-4-10-26/h1-16,21-22,27,33H,17-20,23-25H2,(H,37,38). The second-order valence-corrected chi connectivity index (χ2v) is 10.5. The van der Waals surface area contributed by atoms with Crippen LogP contribution in [0.4, 0.5) is 0 Å². The highest BCUT2D eigenvalue weighted by molar-refractivity contribution is 5.87. The van der Waals surface area contributed by atoms with E-state index in [0.717, 1.165) is 49.2 Å². The van der Waals surface area contributed by atoms with Gasteiger partial charge in [0.15, 0.2) is 0 Å². The predicted octanol–water partition coefficient (Wildman–Crippen LogP) is 6.55. The maximum absolute atomic E-state index is 13.6. The molecule has 210 valence electrons. The number of piperidine rings is 1. The first-order valence-corrected chi connectivity index (χ1v) is 14.1. The van der Waals surface area contributed by atoms with Crippen LogP contribution in [0.5, 0.6) is 5.75 Å². The quantitative estimate of drug-likeness (QED) is 0.214. The molecule has 0 aliphatic carbocycles. The maximum atomic E-state index is 13.6. The number of ether oxygens (including phenoxy) is 2. The molecular weight excluding hydrogens is 514 g/mol. The Morgan fingerprint density at radius 3 is 2.17 bits per heavy atom. The number of carbonyl (C=O) groups excluding carboxylic acids is 1. The summed E-state index contributed by atoms with van der Waals surface area (Å²) in [5.74, 6) is -0.875. The number of nitrogens with zero attached hydrogens (tertiary/aromatic N) is 1. The number of carbonyl (C=O) groups is 2. The average Bonchev–Trinajstić information content (AvgIpc) is 3.01. The van der Waals surface area contributed by atoms with Crippen LogP contribution in [0.1, 0.15) is 51.4 Å². The number of hydrogen-bond acceptors (Lipinski definition) is 5. The molecular formula is C35H35NO5. The highest BCUT2D eigenvalue weighted by atomic mass is 16.5. The second-order valence-electron chi connectivity index (χ2n) is 10.5. The van der Waals surface area contributed by atoms with E-state index in [9.17, 15) is 14.7 Å². The number of aromatic carboxylic acids is 1. The lowest BCUT2D eigenvalue weighted by atomic mass is 9.91. The molecule has 6 heteroatoms. The van der Waals surface area contributed by atoms with E-state index >= 15 is 0 Å². The first-order chi connectivity index (χ1) is 20.0. The minimum Gasteiger partial charge on any atom is -0.489 e. The maximum Gasteiger partial charge on any atom is 0.335 e. The van der Waals surface area contributed by atoms with Crippen LogP contribution < -0.4 is 4.74 Å². The van der Waals surface area contributed by atoms with Crippen molar-refractivity contribution < 1.29 is 24.2 Å². The Balaban J connectivity index is 1.21. The number of rotatable bonds is 11. The van der Waals surface area contributed by atoms with E-state index in [1.165, 1.54) is 5.56 Å². The van der Waals surface area contributed by atoms with Gasteiger partial charge in [0, 0.05) is 6.54 Å². The average molecular weight is 550 g/mol. The summed E-state index contributed by atoms with van der Waals surface area (Å²) in [6.45, 7) is 3.57. The molecule has 41 heavy (non-hydrogen) atoms. The van der Waals surface area contributed by atoms with Crippen LogP contribution in [-0.2, 0) is 22.7 Å². The Kier molecular flexibility index (Phi) is 9.45. The van der Waals surface area contributed by atoms with Crippen molar-refractivity contribution in [3.05, 3.63) is 137 Å². The van der Waals surface area contributed by atoms with Gasteiger partial charge in [-0.05, 0) is 78.4 Å². The van der Waals surface area contributed by atoms with Crippen LogP contribution in [-0.4, -0.2) is 41.6 Å². The summed E-state index contributed by atoms with van der Waals surface area (Å²) in [5, 5.41) is 9.26. The van der Waals surface area contributed by atoms with Crippen molar-refractivity contribution in [2.45, 2.75) is 31.9 Å². The van der Waals surface area contributed by atoms with Gasteiger partial charge in [-0.3, -0.25) is 9.69 Å². The number of likely N-dealkylation sites (tertiary alicyclic amines) is 1. The summed E-state index contributed by atoms with van der Waals surface area (Å²) in [5.41, 5.74) is 3.94. The third-order valence-corrected chi connectivity index (χ3v) is 7.56. The topological polar surface area (TPSA) is 76.1 Å². The number of hydrogen-bond donors (Lipinski definition) is 1. The lowest BCUT2D eigenvalue weighted by molar-refractivity contribution is -0.146. The Morgan fingerprint density at radius 1 is 0.780 bits per heavy atom. The molecule has 0 saturated carbocycles. The fourth-order valence-corrected chi connectivity index (χ4v) is 5.29. The molecule has 5 rings (SSSR count). The highest BCUT2D eigenvalue weighted by Crippen LogP contribution is 2.30. The van der Waals surface area contributed by atoms with Gasteiger partial charge >= 0.3 is 11.9 Å². The molecule has 0 bridgehead atoms. The lowest BCUT2D eigenvalue weighted by Crippen LogP contribution is -2.35. The van der Waals surface area contributed by atoms with E-state index < -0.39 is 11.9 Å². The van der Waals surface area contributed by atoms with E-state index in [1.54, 1.807) is 18.2 Å². The van der Waals surface area contributed by atoms with Gasteiger partial charge in [-0.25, -0.2) is 4.79 Å². The van der Waals surface area contributed by atoms with Gasteiger partial charge in [0.1, 0.15) is 18.3 Å². The van der Waals surface area contributed by atoms with Crippen LogP contribution in [0.15, 0.2) is 109 Å². The van der Waals surface area contributed by atoms with Crippen LogP contribution in [0.2, 0.25) is 0 Å². The Hall–Kier alpha value is -4.42. The Bertz CT molecular complexity index is 1430. The molecule has 0 amide bonds. The highest BCUT2D eigenvalue weighted by Gasteiger charge is 2.27. The molecule has 6 nitrogen and oxygen atoms in total. The van der Waals surface area contributed by atoms with Gasteiger partial charge in [0.25, 0.3) is 0 Å². The van der Waals surface area contributed by atoms with Crippen LogP contribution >= 0.6 is 0 Å². The molecule has 0 radical (unpaired) electrons. The molecule has 0 aromatic heterocycles. The van der Waals surface area contributed by atoms with Crippen molar-refractivity contribution in [3.63, 3.8) is 0 Å². The van der Waals surface area contributed by atoms with E-state index in [1.807, 2.05) is 66.7 Å². The Morgan fingerprint density at radius 2 is 1.44 bits per heavy atom. The summed E-state index contributed by atoms with van der Waals surface area (Å²) in [4.78, 5) is 27.3. The third kappa shape index (κ3) is 7.83. The fraction of sp³-hybridized carbons (Fsp3) is 0.257. The molecule has 1 unspecified atom stereocenters. The summed E-state index contributed by atoms with van der Waals surface area (Å²) < 4.78 is 11.9. The molecule has 1 atom stereocenters. The normalized spacial score (nSPS) is 14.7. The summed E-state index contributed by atoms with van der Waals surface area (Å²) in [6, 6.07) is 34.3. The minimum atomic E-state index is -0.976. The molecule has 0 spiro atoms. The smallest absolute Gasteiger partial charge is 0.335 e. The fourth-order valence-electron chi connectivity index (χ4n) is 5.29. The van der Waals surface area contributed by atoms with Gasteiger partial charge in [0.2, 0.25) is 0 Å². The summed E-state index contributed by atoms with van der Waals surface area (Å²) >= 11 is 0. The van der Waals surface area contributed by atoms with Gasteiger partial charge in [-0.1, -0.05) is 84.9 Å². The van der Waals surface area contributed by atoms with E-state index in [2.05, 4.69) is 29.2 Å². The zero-order chi connectivity index (χ0) is 28.4. The van der Waals surface area contributed by atoms with Crippen molar-refractivity contribution in [2.24, 2.45) is 5.92 Å². The van der Waals surface area contributed by atoms with Gasteiger partial charge in [-0.15, -0.1) is 0 Å². The van der Waals surface area contributed by atoms with Crippen molar-refractivity contribution >= 4 is 11.9 Å². The predicted molar refractivity (Wildman–Crippen MR) is 158 cm³/mol. The van der Waals surface area contributed by atoms with Crippen molar-refractivity contribution in [1.82, 2.24) is 4.90 Å². The molecule has 1 N–H and O–H groups in total.